The number of hydrogen-bond donors (Lipinski definition) is 1. The Morgan fingerprint density at radius 3 is 2.45 bits per heavy atom. The zero-order chi connectivity index (χ0) is 27.9. The maximum Gasteiger partial charge on any atom is 0.318 e. The first-order chi connectivity index (χ1) is 19.6. The molecule has 0 saturated heterocycles. The van der Waals surface area contributed by atoms with E-state index in [-0.39, 0.29) is 17.6 Å². The molecule has 1 saturated carbocycles. The lowest BCUT2D eigenvalue weighted by Gasteiger charge is -2.34. The van der Waals surface area contributed by atoms with Gasteiger partial charge < -0.3 is 15.0 Å². The molecule has 40 heavy (non-hydrogen) atoms. The summed E-state index contributed by atoms with van der Waals surface area (Å²) in [7, 11) is 1.60. The van der Waals surface area contributed by atoms with Gasteiger partial charge in [-0.05, 0) is 55.5 Å². The first kappa shape index (κ1) is 27.4. The largest absolute Gasteiger partial charge is 0.495 e. The lowest BCUT2D eigenvalue weighted by atomic mass is 9.95. The highest BCUT2D eigenvalue weighted by molar-refractivity contribution is 5.79. The number of methoxy groups -OCH3 is 1. The maximum atomic E-state index is 14.1. The molecule has 1 unspecified atom stereocenters. The fraction of sp³-hybridized carbons (Fsp3) is 0.364. The van der Waals surface area contributed by atoms with Crippen LogP contribution in [0.5, 0.6) is 5.75 Å². The Morgan fingerprint density at radius 1 is 1.00 bits per heavy atom. The van der Waals surface area contributed by atoms with Gasteiger partial charge in [-0.3, -0.25) is 9.36 Å². The van der Waals surface area contributed by atoms with Crippen molar-refractivity contribution in [3.05, 3.63) is 101 Å². The quantitative estimate of drug-likeness (QED) is 0.266. The van der Waals surface area contributed by atoms with Crippen molar-refractivity contribution in [3.63, 3.8) is 0 Å². The Kier molecular flexibility index (Phi) is 8.79. The summed E-state index contributed by atoms with van der Waals surface area (Å²) in [6, 6.07) is 24.7. The smallest absolute Gasteiger partial charge is 0.318 e. The number of hydrogen-bond acceptors (Lipinski definition) is 4. The number of amides is 2. The predicted octanol–water partition coefficient (Wildman–Crippen LogP) is 6.43. The molecule has 7 nitrogen and oxygen atoms in total. The molecule has 1 N–H and O–H groups in total. The number of benzene rings is 3. The van der Waals surface area contributed by atoms with Gasteiger partial charge >= 0.3 is 6.03 Å². The van der Waals surface area contributed by atoms with Crippen LogP contribution in [0.2, 0.25) is 0 Å². The van der Waals surface area contributed by atoms with Gasteiger partial charge in [-0.25, -0.2) is 9.78 Å². The van der Waals surface area contributed by atoms with E-state index in [1.54, 1.807) is 17.7 Å². The van der Waals surface area contributed by atoms with E-state index < -0.39 is 6.04 Å². The second kappa shape index (κ2) is 12.8. The van der Waals surface area contributed by atoms with E-state index >= 15 is 0 Å². The summed E-state index contributed by atoms with van der Waals surface area (Å²) in [4.78, 5) is 35.0. The van der Waals surface area contributed by atoms with E-state index in [1.165, 1.54) is 6.42 Å². The van der Waals surface area contributed by atoms with Crippen LogP contribution in [0, 0.1) is 0 Å². The summed E-state index contributed by atoms with van der Waals surface area (Å²) in [5.41, 5.74) is 2.20. The van der Waals surface area contributed by atoms with Gasteiger partial charge in [0.15, 0.2) is 0 Å². The SMILES string of the molecule is CCC(c1nc2ccccc2c(=O)n1-c1ccccc1OC)N(CCc1ccccc1)C(=O)NC1CCCCC1. The highest BCUT2D eigenvalue weighted by Gasteiger charge is 2.31. The Morgan fingerprint density at radius 2 is 1.70 bits per heavy atom. The maximum absolute atomic E-state index is 14.1. The van der Waals surface area contributed by atoms with Crippen molar-refractivity contribution in [3.8, 4) is 11.4 Å². The molecule has 1 heterocycles. The number of nitrogens with one attached hydrogen (secondary N) is 1. The van der Waals surface area contributed by atoms with Gasteiger partial charge in [0.25, 0.3) is 5.56 Å². The van der Waals surface area contributed by atoms with E-state index in [9.17, 15) is 9.59 Å². The lowest BCUT2D eigenvalue weighted by molar-refractivity contribution is 0.162. The summed E-state index contributed by atoms with van der Waals surface area (Å²) in [6.07, 6.45) is 6.75. The first-order valence-electron chi connectivity index (χ1n) is 14.4. The molecule has 1 aliphatic rings. The van der Waals surface area contributed by atoms with Crippen LogP contribution in [0.15, 0.2) is 83.7 Å². The van der Waals surface area contributed by atoms with Gasteiger partial charge in [-0.2, -0.15) is 0 Å². The summed E-state index contributed by atoms with van der Waals surface area (Å²) in [5, 5.41) is 3.84. The third kappa shape index (κ3) is 5.88. The third-order valence-electron chi connectivity index (χ3n) is 7.87. The Labute approximate surface area is 235 Å². The average Bonchev–Trinajstić information content (AvgIpc) is 3.00. The fourth-order valence-corrected chi connectivity index (χ4v) is 5.76. The van der Waals surface area contributed by atoms with E-state index in [4.69, 9.17) is 9.72 Å². The van der Waals surface area contributed by atoms with Crippen molar-refractivity contribution in [2.24, 2.45) is 0 Å². The molecular weight excluding hydrogens is 500 g/mol. The number of para-hydroxylation sites is 3. The monoisotopic (exact) mass is 538 g/mol. The van der Waals surface area contributed by atoms with Crippen LogP contribution in [0.4, 0.5) is 4.79 Å². The standard InChI is InChI=1S/C33H38N4O3/c1-3-28(36(23-22-24-14-6-4-7-15-24)33(39)34-25-16-8-5-9-17-25)31-35-27-19-11-10-18-26(27)32(38)37(31)29-20-12-13-21-30(29)40-2/h4,6-7,10-15,18-21,25,28H,3,5,8-9,16-17,22-23H2,1-2H3,(H,34,39). The van der Waals surface area contributed by atoms with E-state index in [0.29, 0.717) is 47.6 Å². The van der Waals surface area contributed by atoms with Crippen molar-refractivity contribution < 1.29 is 9.53 Å². The van der Waals surface area contributed by atoms with Crippen molar-refractivity contribution in [1.29, 1.82) is 0 Å². The molecule has 1 aliphatic carbocycles. The minimum Gasteiger partial charge on any atom is -0.495 e. The molecular formula is C33H38N4O3. The van der Waals surface area contributed by atoms with Gasteiger partial charge in [0.05, 0.1) is 29.7 Å². The van der Waals surface area contributed by atoms with E-state index in [1.807, 2.05) is 72.5 Å². The lowest BCUT2D eigenvalue weighted by Crippen LogP contribution is -2.48. The van der Waals surface area contributed by atoms with Crippen molar-refractivity contribution in [2.75, 3.05) is 13.7 Å². The highest BCUT2D eigenvalue weighted by atomic mass is 16.5. The minimum absolute atomic E-state index is 0.108. The van der Waals surface area contributed by atoms with Crippen LogP contribution >= 0.6 is 0 Å². The zero-order valence-corrected chi connectivity index (χ0v) is 23.4. The van der Waals surface area contributed by atoms with Crippen molar-refractivity contribution in [1.82, 2.24) is 19.8 Å². The molecule has 0 spiro atoms. The van der Waals surface area contributed by atoms with Crippen LogP contribution in [0.3, 0.4) is 0 Å². The van der Waals surface area contributed by atoms with Gasteiger partial charge in [-0.15, -0.1) is 0 Å². The molecule has 1 fully saturated rings. The fourth-order valence-electron chi connectivity index (χ4n) is 5.76. The molecule has 2 amide bonds. The van der Waals surface area contributed by atoms with Gasteiger partial charge in [0.2, 0.25) is 0 Å². The molecule has 4 aromatic rings. The number of nitrogens with zero attached hydrogens (tertiary/aromatic N) is 3. The molecule has 7 heteroatoms. The predicted molar refractivity (Wildman–Crippen MR) is 159 cm³/mol. The summed E-state index contributed by atoms with van der Waals surface area (Å²) in [5.74, 6) is 1.10. The number of urea groups is 1. The number of rotatable bonds is 9. The average molecular weight is 539 g/mol. The summed E-state index contributed by atoms with van der Waals surface area (Å²) < 4.78 is 7.31. The number of aromatic nitrogens is 2. The van der Waals surface area contributed by atoms with Crippen LogP contribution in [-0.2, 0) is 6.42 Å². The molecule has 3 aromatic carbocycles. The van der Waals surface area contributed by atoms with Crippen molar-refractivity contribution >= 4 is 16.9 Å². The number of fused-ring (bicyclic) bond motifs is 1. The molecule has 0 radical (unpaired) electrons. The zero-order valence-electron chi connectivity index (χ0n) is 23.4. The Bertz CT molecular complexity index is 1490. The first-order valence-corrected chi connectivity index (χ1v) is 14.4. The Hall–Kier alpha value is -4.13. The van der Waals surface area contributed by atoms with Gasteiger partial charge in [0.1, 0.15) is 11.6 Å². The van der Waals surface area contributed by atoms with Crippen LogP contribution in [0.25, 0.3) is 16.6 Å². The molecule has 0 aliphatic heterocycles. The molecule has 1 aromatic heterocycles. The summed E-state index contributed by atoms with van der Waals surface area (Å²) in [6.45, 7) is 2.54. The number of ether oxygens (including phenoxy) is 1. The topological polar surface area (TPSA) is 76.5 Å². The van der Waals surface area contributed by atoms with E-state index in [2.05, 4.69) is 17.4 Å². The number of carbonyl (C=O) groups is 1. The minimum atomic E-state index is -0.436. The number of carbonyl (C=O) groups excluding carboxylic acids is 1. The highest BCUT2D eigenvalue weighted by Crippen LogP contribution is 2.30. The second-order valence-electron chi connectivity index (χ2n) is 10.4. The van der Waals surface area contributed by atoms with E-state index in [0.717, 1.165) is 31.2 Å². The van der Waals surface area contributed by atoms with Crippen molar-refractivity contribution in [2.45, 2.75) is 64.0 Å². The Balaban J connectivity index is 1.63. The van der Waals surface area contributed by atoms with Crippen LogP contribution < -0.4 is 15.6 Å². The molecule has 1 atom stereocenters. The molecule has 5 rings (SSSR count). The molecule has 0 bridgehead atoms. The van der Waals surface area contributed by atoms with Gasteiger partial charge in [-0.1, -0.05) is 80.8 Å². The third-order valence-corrected chi connectivity index (χ3v) is 7.87. The summed E-state index contributed by atoms with van der Waals surface area (Å²) >= 11 is 0. The second-order valence-corrected chi connectivity index (χ2v) is 10.4. The normalized spacial score (nSPS) is 14.6. The van der Waals surface area contributed by atoms with Crippen LogP contribution in [-0.4, -0.2) is 40.2 Å². The van der Waals surface area contributed by atoms with Gasteiger partial charge in [0, 0.05) is 12.6 Å². The molecule has 208 valence electrons. The van der Waals surface area contributed by atoms with Crippen LogP contribution in [0.1, 0.15) is 62.9 Å².